The van der Waals surface area contributed by atoms with Gasteiger partial charge in [0.15, 0.2) is 0 Å². The van der Waals surface area contributed by atoms with Crippen molar-refractivity contribution in [2.45, 2.75) is 12.9 Å². The lowest BCUT2D eigenvalue weighted by molar-refractivity contribution is -0.274. The minimum absolute atomic E-state index is 0.107. The maximum Gasteiger partial charge on any atom is 0.573 e. The summed E-state index contributed by atoms with van der Waals surface area (Å²) in [5.41, 5.74) is -0.848. The fourth-order valence-electron chi connectivity index (χ4n) is 2.23. The highest BCUT2D eigenvalue weighted by Gasteiger charge is 2.31. The molecule has 1 heterocycles. The number of aromatic nitrogens is 2. The van der Waals surface area contributed by atoms with Gasteiger partial charge in [-0.15, -0.1) is 13.2 Å². The molecule has 7 nitrogen and oxygen atoms in total. The largest absolute Gasteiger partial charge is 0.573 e. The highest BCUT2D eigenvalue weighted by molar-refractivity contribution is 5.91. The SMILES string of the molecule is Cn1cc(/C=C/C(=O)NCc2ccccc2OC(F)(F)F)c(=O)n(C)c1=O. The van der Waals surface area contributed by atoms with E-state index in [9.17, 15) is 27.6 Å². The summed E-state index contributed by atoms with van der Waals surface area (Å²) in [6.07, 6.45) is -1.30. The predicted octanol–water partition coefficient (Wildman–Crippen LogP) is 1.31. The molecule has 2 rings (SSSR count). The molecule has 1 amide bonds. The number of nitrogens with one attached hydrogen (secondary N) is 1. The number of benzene rings is 1. The topological polar surface area (TPSA) is 82.3 Å². The number of para-hydroxylation sites is 1. The van der Waals surface area contributed by atoms with Crippen molar-refractivity contribution in [3.8, 4) is 5.75 Å². The summed E-state index contributed by atoms with van der Waals surface area (Å²) in [7, 11) is 2.76. The Morgan fingerprint density at radius 1 is 1.22 bits per heavy atom. The monoisotopic (exact) mass is 383 g/mol. The summed E-state index contributed by atoms with van der Waals surface area (Å²) in [4.78, 5) is 35.5. The molecule has 0 spiro atoms. The number of hydrogen-bond acceptors (Lipinski definition) is 4. The van der Waals surface area contributed by atoms with Gasteiger partial charge in [0.1, 0.15) is 5.75 Å². The molecule has 0 aliphatic rings. The van der Waals surface area contributed by atoms with Gasteiger partial charge in [0.25, 0.3) is 5.56 Å². The first kappa shape index (κ1) is 20.0. The average Bonchev–Trinajstić information content (AvgIpc) is 2.59. The summed E-state index contributed by atoms with van der Waals surface area (Å²) < 4.78 is 43.1. The lowest BCUT2D eigenvalue weighted by Crippen LogP contribution is -2.37. The van der Waals surface area contributed by atoms with Crippen LogP contribution in [0.2, 0.25) is 0 Å². The van der Waals surface area contributed by atoms with Gasteiger partial charge >= 0.3 is 12.1 Å². The second-order valence-electron chi connectivity index (χ2n) is 5.55. The molecule has 1 aromatic carbocycles. The van der Waals surface area contributed by atoms with Gasteiger partial charge in [-0.3, -0.25) is 14.2 Å². The van der Waals surface area contributed by atoms with Gasteiger partial charge < -0.3 is 14.6 Å². The van der Waals surface area contributed by atoms with Crippen LogP contribution in [0, 0.1) is 0 Å². The molecule has 0 fully saturated rings. The summed E-state index contributed by atoms with van der Waals surface area (Å²) in [5.74, 6) is -1.05. The standard InChI is InChI=1S/C17H16F3N3O4/c1-22-10-12(15(25)23(2)16(22)26)7-8-14(24)21-9-11-5-3-4-6-13(11)27-17(18,19)20/h3-8,10H,9H2,1-2H3,(H,21,24)/b8-7+. The van der Waals surface area contributed by atoms with Crippen LogP contribution in [0.15, 0.2) is 46.1 Å². The third-order valence-corrected chi connectivity index (χ3v) is 3.54. The van der Waals surface area contributed by atoms with Crippen molar-refractivity contribution in [2.75, 3.05) is 0 Å². The molecule has 0 atom stereocenters. The molecule has 0 aliphatic heterocycles. The highest BCUT2D eigenvalue weighted by atomic mass is 19.4. The Balaban J connectivity index is 2.09. The number of halogens is 3. The van der Waals surface area contributed by atoms with E-state index in [1.165, 1.54) is 49.1 Å². The fourth-order valence-corrected chi connectivity index (χ4v) is 2.23. The Morgan fingerprint density at radius 2 is 1.89 bits per heavy atom. The normalized spacial score (nSPS) is 11.6. The third kappa shape index (κ3) is 5.33. The van der Waals surface area contributed by atoms with Crippen LogP contribution in [0.5, 0.6) is 5.75 Å². The van der Waals surface area contributed by atoms with Crippen LogP contribution < -0.4 is 21.3 Å². The van der Waals surface area contributed by atoms with Gasteiger partial charge in [0, 0.05) is 38.5 Å². The zero-order valence-electron chi connectivity index (χ0n) is 14.4. The quantitative estimate of drug-likeness (QED) is 0.790. The Morgan fingerprint density at radius 3 is 2.56 bits per heavy atom. The van der Waals surface area contributed by atoms with Gasteiger partial charge in [-0.1, -0.05) is 18.2 Å². The van der Waals surface area contributed by atoms with E-state index in [4.69, 9.17) is 0 Å². The highest BCUT2D eigenvalue weighted by Crippen LogP contribution is 2.25. The van der Waals surface area contributed by atoms with Crippen molar-refractivity contribution >= 4 is 12.0 Å². The van der Waals surface area contributed by atoms with Crippen LogP contribution in [0.25, 0.3) is 6.08 Å². The number of aryl methyl sites for hydroxylation is 1. The van der Waals surface area contributed by atoms with Gasteiger partial charge in [0.05, 0.1) is 5.56 Å². The minimum atomic E-state index is -4.84. The van der Waals surface area contributed by atoms with Gasteiger partial charge in [-0.05, 0) is 12.1 Å². The lowest BCUT2D eigenvalue weighted by Gasteiger charge is -2.13. The lowest BCUT2D eigenvalue weighted by atomic mass is 10.2. The van der Waals surface area contributed by atoms with Crippen molar-refractivity contribution in [1.82, 2.24) is 14.5 Å². The van der Waals surface area contributed by atoms with Gasteiger partial charge in [0.2, 0.25) is 5.91 Å². The van der Waals surface area contributed by atoms with Crippen molar-refractivity contribution in [3.63, 3.8) is 0 Å². The zero-order valence-corrected chi connectivity index (χ0v) is 14.4. The maximum absolute atomic E-state index is 12.4. The van der Waals surface area contributed by atoms with Crippen molar-refractivity contribution < 1.29 is 22.7 Å². The molecule has 0 saturated carbocycles. The molecular formula is C17H16F3N3O4. The molecule has 0 saturated heterocycles. The van der Waals surface area contributed by atoms with Crippen LogP contribution in [-0.4, -0.2) is 21.4 Å². The van der Waals surface area contributed by atoms with E-state index in [0.717, 1.165) is 16.7 Å². The van der Waals surface area contributed by atoms with Crippen LogP contribution in [0.1, 0.15) is 11.1 Å². The fraction of sp³-hybridized carbons (Fsp3) is 0.235. The van der Waals surface area contributed by atoms with Crippen molar-refractivity contribution in [3.05, 3.63) is 68.5 Å². The summed E-state index contributed by atoms with van der Waals surface area (Å²) in [5, 5.41) is 2.40. The molecular weight excluding hydrogens is 367 g/mol. The smallest absolute Gasteiger partial charge is 0.405 e. The first-order valence-electron chi connectivity index (χ1n) is 7.64. The van der Waals surface area contributed by atoms with Crippen LogP contribution in [0.4, 0.5) is 13.2 Å². The summed E-state index contributed by atoms with van der Waals surface area (Å²) in [6, 6.07) is 5.41. The van der Waals surface area contributed by atoms with Crippen molar-refractivity contribution in [2.24, 2.45) is 14.1 Å². The average molecular weight is 383 g/mol. The number of nitrogens with zero attached hydrogens (tertiary/aromatic N) is 2. The Hall–Kier alpha value is -3.30. The summed E-state index contributed by atoms with van der Waals surface area (Å²) >= 11 is 0. The molecule has 0 unspecified atom stereocenters. The Labute approximate surface area is 151 Å². The van der Waals surface area contributed by atoms with Crippen LogP contribution in [0.3, 0.4) is 0 Å². The van der Waals surface area contributed by atoms with E-state index < -0.39 is 29.3 Å². The predicted molar refractivity (Wildman–Crippen MR) is 90.9 cm³/mol. The molecule has 10 heteroatoms. The van der Waals surface area contributed by atoms with E-state index in [1.54, 1.807) is 0 Å². The number of ether oxygens (including phenoxy) is 1. The molecule has 0 aliphatic carbocycles. The van der Waals surface area contributed by atoms with E-state index in [-0.39, 0.29) is 17.7 Å². The first-order chi connectivity index (χ1) is 12.6. The number of amides is 1. The molecule has 0 bridgehead atoms. The van der Waals surface area contributed by atoms with E-state index >= 15 is 0 Å². The van der Waals surface area contributed by atoms with Gasteiger partial charge in [-0.2, -0.15) is 0 Å². The number of rotatable bonds is 5. The minimum Gasteiger partial charge on any atom is -0.405 e. The number of hydrogen-bond donors (Lipinski definition) is 1. The maximum atomic E-state index is 12.4. The van der Waals surface area contributed by atoms with Gasteiger partial charge in [-0.25, -0.2) is 4.79 Å². The van der Waals surface area contributed by atoms with Crippen LogP contribution in [-0.2, 0) is 25.4 Å². The molecule has 144 valence electrons. The number of carbonyl (C=O) groups excluding carboxylic acids is 1. The Bertz CT molecular complexity index is 990. The second kappa shape index (κ2) is 7.94. The van der Waals surface area contributed by atoms with Crippen LogP contribution >= 0.6 is 0 Å². The molecule has 1 N–H and O–H groups in total. The first-order valence-corrected chi connectivity index (χ1v) is 7.64. The second-order valence-corrected chi connectivity index (χ2v) is 5.55. The molecule has 0 radical (unpaired) electrons. The molecule has 1 aromatic heterocycles. The Kier molecular flexibility index (Phi) is 5.88. The van der Waals surface area contributed by atoms with E-state index in [1.807, 2.05) is 0 Å². The van der Waals surface area contributed by atoms with Crippen molar-refractivity contribution in [1.29, 1.82) is 0 Å². The third-order valence-electron chi connectivity index (χ3n) is 3.54. The summed E-state index contributed by atoms with van der Waals surface area (Å²) in [6.45, 7) is -0.208. The number of alkyl halides is 3. The number of carbonyl (C=O) groups is 1. The van der Waals surface area contributed by atoms with E-state index in [0.29, 0.717) is 0 Å². The molecule has 27 heavy (non-hydrogen) atoms. The molecule has 2 aromatic rings. The zero-order chi connectivity index (χ0) is 20.2. The van der Waals surface area contributed by atoms with E-state index in [2.05, 4.69) is 10.1 Å².